The molecular weight excluding hydrogens is 282 g/mol. The number of hydrogen-bond acceptors (Lipinski definition) is 3. The van der Waals surface area contributed by atoms with Crippen molar-refractivity contribution in [2.45, 2.75) is 0 Å². The van der Waals surface area contributed by atoms with Gasteiger partial charge in [0.15, 0.2) is 0 Å². The quantitative estimate of drug-likeness (QED) is 0.934. The van der Waals surface area contributed by atoms with Crippen LogP contribution in [0.25, 0.3) is 0 Å². The number of piperazine rings is 1. The van der Waals surface area contributed by atoms with Crippen molar-refractivity contribution in [1.29, 1.82) is 0 Å². The van der Waals surface area contributed by atoms with E-state index in [0.29, 0.717) is 18.8 Å². The van der Waals surface area contributed by atoms with Crippen LogP contribution in [0.4, 0.5) is 5.69 Å². The summed E-state index contributed by atoms with van der Waals surface area (Å²) < 4.78 is 5.11. The smallest absolute Gasteiger partial charge is 0.270 e. The molecule has 6 nitrogen and oxygen atoms in total. The van der Waals surface area contributed by atoms with E-state index in [2.05, 4.69) is 4.98 Å². The maximum Gasteiger partial charge on any atom is 0.270 e. The zero-order valence-corrected chi connectivity index (χ0v) is 12.3. The average molecular weight is 299 g/mol. The summed E-state index contributed by atoms with van der Waals surface area (Å²) in [4.78, 5) is 30.7. The molecule has 114 valence electrons. The molecule has 0 bridgehead atoms. The van der Waals surface area contributed by atoms with E-state index in [0.717, 1.165) is 11.4 Å². The molecule has 0 saturated carbocycles. The van der Waals surface area contributed by atoms with E-state index in [-0.39, 0.29) is 18.4 Å². The fourth-order valence-electron chi connectivity index (χ4n) is 2.52. The molecule has 6 heteroatoms. The van der Waals surface area contributed by atoms with Gasteiger partial charge >= 0.3 is 0 Å². The molecule has 22 heavy (non-hydrogen) atoms. The predicted molar refractivity (Wildman–Crippen MR) is 82.0 cm³/mol. The molecule has 1 aliphatic rings. The van der Waals surface area contributed by atoms with Crippen molar-refractivity contribution in [3.63, 3.8) is 0 Å². The van der Waals surface area contributed by atoms with Gasteiger partial charge in [-0.15, -0.1) is 0 Å². The highest BCUT2D eigenvalue weighted by Crippen LogP contribution is 2.21. The normalized spacial score (nSPS) is 15.0. The number of nitrogens with one attached hydrogen (secondary N) is 1. The lowest BCUT2D eigenvalue weighted by molar-refractivity contribution is -0.120. The molecular formula is C16H17N3O3. The Morgan fingerprint density at radius 1 is 1.18 bits per heavy atom. The number of ether oxygens (including phenoxy) is 1. The Bertz CT molecular complexity index is 664. The van der Waals surface area contributed by atoms with Gasteiger partial charge in [-0.1, -0.05) is 0 Å². The lowest BCUT2D eigenvalue weighted by Crippen LogP contribution is -2.52. The van der Waals surface area contributed by atoms with Gasteiger partial charge in [-0.3, -0.25) is 9.59 Å². The van der Waals surface area contributed by atoms with Crippen molar-refractivity contribution in [1.82, 2.24) is 9.88 Å². The lowest BCUT2D eigenvalue weighted by atomic mass is 10.2. The maximum atomic E-state index is 12.3. The first kappa shape index (κ1) is 14.2. The van der Waals surface area contributed by atoms with Crippen LogP contribution < -0.4 is 9.64 Å². The van der Waals surface area contributed by atoms with Crippen LogP contribution in [0.3, 0.4) is 0 Å². The number of rotatable bonds is 3. The standard InChI is InChI=1S/C16H17N3O3/c1-22-13-6-4-12(5-7-13)19-10-9-18(11-15(19)20)16(21)14-3-2-8-17-14/h2-8,17H,9-11H2,1H3. The Morgan fingerprint density at radius 3 is 2.55 bits per heavy atom. The zero-order valence-electron chi connectivity index (χ0n) is 12.3. The highest BCUT2D eigenvalue weighted by molar-refractivity contribution is 6.01. The molecule has 1 aromatic carbocycles. The predicted octanol–water partition coefficient (Wildman–Crippen LogP) is 1.51. The SMILES string of the molecule is COc1ccc(N2CCN(C(=O)c3ccc[nH]3)CC2=O)cc1. The van der Waals surface area contributed by atoms with Gasteiger partial charge in [-0.25, -0.2) is 0 Å². The topological polar surface area (TPSA) is 65.6 Å². The molecule has 1 N–H and O–H groups in total. The number of H-pyrrole nitrogens is 1. The van der Waals surface area contributed by atoms with Crippen molar-refractivity contribution in [3.8, 4) is 5.75 Å². The van der Waals surface area contributed by atoms with Gasteiger partial charge in [0.1, 0.15) is 18.0 Å². The maximum absolute atomic E-state index is 12.3. The second-order valence-electron chi connectivity index (χ2n) is 5.05. The fourth-order valence-corrected chi connectivity index (χ4v) is 2.52. The van der Waals surface area contributed by atoms with Gasteiger partial charge in [-0.2, -0.15) is 0 Å². The molecule has 0 unspecified atom stereocenters. The Balaban J connectivity index is 1.69. The van der Waals surface area contributed by atoms with Gasteiger partial charge in [-0.05, 0) is 36.4 Å². The van der Waals surface area contributed by atoms with E-state index in [1.165, 1.54) is 0 Å². The van der Waals surface area contributed by atoms with E-state index >= 15 is 0 Å². The van der Waals surface area contributed by atoms with Crippen LogP contribution in [-0.4, -0.2) is 48.4 Å². The molecule has 1 saturated heterocycles. The number of aromatic nitrogens is 1. The fraction of sp³-hybridized carbons (Fsp3) is 0.250. The van der Waals surface area contributed by atoms with Gasteiger partial charge in [0.2, 0.25) is 5.91 Å². The number of anilines is 1. The van der Waals surface area contributed by atoms with Crippen molar-refractivity contribution < 1.29 is 14.3 Å². The molecule has 1 aliphatic heterocycles. The van der Waals surface area contributed by atoms with Crippen LogP contribution >= 0.6 is 0 Å². The summed E-state index contributed by atoms with van der Waals surface area (Å²) in [5.41, 5.74) is 1.32. The van der Waals surface area contributed by atoms with Crippen LogP contribution in [0.5, 0.6) is 5.75 Å². The molecule has 2 amide bonds. The minimum atomic E-state index is -0.146. The Morgan fingerprint density at radius 2 is 1.95 bits per heavy atom. The second-order valence-corrected chi connectivity index (χ2v) is 5.05. The summed E-state index contributed by atoms with van der Waals surface area (Å²) in [6, 6.07) is 10.8. The van der Waals surface area contributed by atoms with Crippen molar-refractivity contribution in [2.75, 3.05) is 31.6 Å². The minimum absolute atomic E-state index is 0.0867. The first-order valence-electron chi connectivity index (χ1n) is 7.06. The van der Waals surface area contributed by atoms with E-state index in [1.54, 1.807) is 35.2 Å². The number of hydrogen-bond donors (Lipinski definition) is 1. The molecule has 0 atom stereocenters. The van der Waals surface area contributed by atoms with E-state index in [1.807, 2.05) is 24.3 Å². The van der Waals surface area contributed by atoms with Crippen LogP contribution in [0.15, 0.2) is 42.6 Å². The summed E-state index contributed by atoms with van der Waals surface area (Å²) in [6.45, 7) is 1.08. The largest absolute Gasteiger partial charge is 0.497 e. The number of nitrogens with zero attached hydrogens (tertiary/aromatic N) is 2. The third-order valence-corrected chi connectivity index (χ3v) is 3.72. The Kier molecular flexibility index (Phi) is 3.82. The molecule has 0 radical (unpaired) electrons. The molecule has 1 aromatic heterocycles. The van der Waals surface area contributed by atoms with Crippen molar-refractivity contribution in [3.05, 3.63) is 48.3 Å². The van der Waals surface area contributed by atoms with E-state index < -0.39 is 0 Å². The van der Waals surface area contributed by atoms with Gasteiger partial charge in [0.05, 0.1) is 7.11 Å². The third kappa shape index (κ3) is 2.67. The first-order chi connectivity index (χ1) is 10.7. The Labute approximate surface area is 128 Å². The number of benzene rings is 1. The molecule has 1 fully saturated rings. The average Bonchev–Trinajstić information content (AvgIpc) is 3.09. The molecule has 0 spiro atoms. The summed E-state index contributed by atoms with van der Waals surface area (Å²) >= 11 is 0. The van der Waals surface area contributed by atoms with Crippen LogP contribution in [-0.2, 0) is 4.79 Å². The molecule has 2 heterocycles. The zero-order chi connectivity index (χ0) is 15.5. The molecule has 3 rings (SSSR count). The third-order valence-electron chi connectivity index (χ3n) is 3.72. The molecule has 0 aliphatic carbocycles. The monoisotopic (exact) mass is 299 g/mol. The van der Waals surface area contributed by atoms with Crippen molar-refractivity contribution >= 4 is 17.5 Å². The van der Waals surface area contributed by atoms with Crippen molar-refractivity contribution in [2.24, 2.45) is 0 Å². The molecule has 2 aromatic rings. The first-order valence-corrected chi connectivity index (χ1v) is 7.06. The van der Waals surface area contributed by atoms with Crippen LogP contribution in [0, 0.1) is 0 Å². The van der Waals surface area contributed by atoms with E-state index in [4.69, 9.17) is 4.74 Å². The second kappa shape index (κ2) is 5.93. The number of aromatic amines is 1. The highest BCUT2D eigenvalue weighted by Gasteiger charge is 2.28. The van der Waals surface area contributed by atoms with Gasteiger partial charge < -0.3 is 19.5 Å². The van der Waals surface area contributed by atoms with E-state index in [9.17, 15) is 9.59 Å². The lowest BCUT2D eigenvalue weighted by Gasteiger charge is -2.34. The van der Waals surface area contributed by atoms with Gasteiger partial charge in [0, 0.05) is 25.0 Å². The summed E-state index contributed by atoms with van der Waals surface area (Å²) in [6.07, 6.45) is 1.70. The number of amides is 2. The summed E-state index contributed by atoms with van der Waals surface area (Å²) in [5.74, 6) is 0.515. The van der Waals surface area contributed by atoms with Crippen LogP contribution in [0.1, 0.15) is 10.5 Å². The van der Waals surface area contributed by atoms with Gasteiger partial charge in [0.25, 0.3) is 5.91 Å². The highest BCUT2D eigenvalue weighted by atomic mass is 16.5. The minimum Gasteiger partial charge on any atom is -0.497 e. The Hall–Kier alpha value is -2.76. The summed E-state index contributed by atoms with van der Waals surface area (Å²) in [7, 11) is 1.60. The number of carbonyl (C=O) groups is 2. The summed E-state index contributed by atoms with van der Waals surface area (Å²) in [5, 5.41) is 0. The number of methoxy groups -OCH3 is 1. The number of carbonyl (C=O) groups excluding carboxylic acids is 2. The van der Waals surface area contributed by atoms with Crippen LogP contribution in [0.2, 0.25) is 0 Å².